The van der Waals surface area contributed by atoms with Crippen molar-refractivity contribution in [2.24, 2.45) is 0 Å². The van der Waals surface area contributed by atoms with Crippen molar-refractivity contribution in [1.29, 1.82) is 0 Å². The summed E-state index contributed by atoms with van der Waals surface area (Å²) >= 11 is 0. The number of benzene rings is 1. The van der Waals surface area contributed by atoms with Crippen LogP contribution in [0.25, 0.3) is 11.2 Å². The predicted octanol–water partition coefficient (Wildman–Crippen LogP) is 2.35. The number of hydrogen-bond acceptors (Lipinski definition) is 8. The summed E-state index contributed by atoms with van der Waals surface area (Å²) in [4.78, 5) is 24.2. The summed E-state index contributed by atoms with van der Waals surface area (Å²) < 4.78 is 0. The van der Waals surface area contributed by atoms with Crippen LogP contribution < -0.4 is 20.4 Å². The molecule has 30 heavy (non-hydrogen) atoms. The zero-order valence-corrected chi connectivity index (χ0v) is 17.4. The molecule has 0 unspecified atom stereocenters. The van der Waals surface area contributed by atoms with Gasteiger partial charge in [0.05, 0.1) is 5.69 Å². The van der Waals surface area contributed by atoms with Crippen LogP contribution in [-0.2, 0) is 6.54 Å². The van der Waals surface area contributed by atoms with Crippen LogP contribution in [0.4, 0.5) is 17.6 Å². The lowest BCUT2D eigenvalue weighted by atomic mass is 10.2. The summed E-state index contributed by atoms with van der Waals surface area (Å²) in [7, 11) is 0. The minimum absolute atomic E-state index is 0.668. The fourth-order valence-corrected chi connectivity index (χ4v) is 4.11. The van der Waals surface area contributed by atoms with E-state index in [1.807, 2.05) is 25.1 Å². The molecular weight excluding hydrogens is 376 g/mol. The number of hydrogen-bond donors (Lipinski definition) is 2. The highest BCUT2D eigenvalue weighted by Crippen LogP contribution is 2.29. The highest BCUT2D eigenvalue weighted by molar-refractivity contribution is 5.85. The lowest BCUT2D eigenvalue weighted by Gasteiger charge is -2.28. The van der Waals surface area contributed by atoms with E-state index in [1.165, 1.54) is 18.4 Å². The number of anilines is 3. The Labute approximate surface area is 176 Å². The Bertz CT molecular complexity index is 1010. The van der Waals surface area contributed by atoms with E-state index >= 15 is 0 Å². The Balaban J connectivity index is 1.53. The van der Waals surface area contributed by atoms with E-state index in [2.05, 4.69) is 32.6 Å². The molecule has 8 nitrogen and oxygen atoms in total. The Morgan fingerprint density at radius 1 is 0.900 bits per heavy atom. The third-order valence-electron chi connectivity index (χ3n) is 5.78. The summed E-state index contributed by atoms with van der Waals surface area (Å²) in [6.07, 6.45) is 2.38. The molecule has 0 saturated carbocycles. The number of nitrogens with one attached hydrogen (secondary N) is 2. The van der Waals surface area contributed by atoms with E-state index in [0.29, 0.717) is 12.2 Å². The van der Waals surface area contributed by atoms with Crippen LogP contribution in [0.1, 0.15) is 24.1 Å². The van der Waals surface area contributed by atoms with E-state index in [9.17, 15) is 0 Å². The van der Waals surface area contributed by atoms with Crippen LogP contribution in [0, 0.1) is 6.92 Å². The van der Waals surface area contributed by atoms with E-state index in [4.69, 9.17) is 19.9 Å². The van der Waals surface area contributed by atoms with Crippen molar-refractivity contribution in [3.63, 3.8) is 0 Å². The Morgan fingerprint density at radius 3 is 2.43 bits per heavy atom. The number of rotatable bonds is 5. The van der Waals surface area contributed by atoms with Gasteiger partial charge in [-0.25, -0.2) is 9.97 Å². The highest BCUT2D eigenvalue weighted by Gasteiger charge is 2.23. The molecule has 5 rings (SSSR count). The largest absolute Gasteiger partial charge is 0.364 e. The van der Waals surface area contributed by atoms with Gasteiger partial charge < -0.3 is 20.4 Å². The molecular formula is C22H28N8. The van der Waals surface area contributed by atoms with Gasteiger partial charge in [0.1, 0.15) is 5.82 Å². The number of fused-ring (bicyclic) bond motifs is 1. The van der Waals surface area contributed by atoms with E-state index < -0.39 is 0 Å². The van der Waals surface area contributed by atoms with Gasteiger partial charge in [0.2, 0.25) is 5.95 Å². The van der Waals surface area contributed by atoms with Gasteiger partial charge in [-0.05, 0) is 25.3 Å². The first-order valence-corrected chi connectivity index (χ1v) is 10.8. The first-order chi connectivity index (χ1) is 14.8. The Morgan fingerprint density at radius 2 is 1.67 bits per heavy atom. The molecule has 0 amide bonds. The van der Waals surface area contributed by atoms with E-state index in [0.717, 1.165) is 68.1 Å². The summed E-state index contributed by atoms with van der Waals surface area (Å²) in [6.45, 7) is 8.44. The Kier molecular flexibility index (Phi) is 5.31. The quantitative estimate of drug-likeness (QED) is 0.671. The van der Waals surface area contributed by atoms with Gasteiger partial charge in [-0.1, -0.05) is 30.3 Å². The van der Waals surface area contributed by atoms with Crippen molar-refractivity contribution in [3.8, 4) is 0 Å². The molecule has 1 aromatic carbocycles. The SMILES string of the molecule is Cc1nc2c(N3CCCC3)nc(N3CCNCC3)nc2nc1NCc1ccccc1. The smallest absolute Gasteiger partial charge is 0.229 e. The second-order valence-corrected chi connectivity index (χ2v) is 7.95. The number of aromatic nitrogens is 4. The monoisotopic (exact) mass is 404 g/mol. The van der Waals surface area contributed by atoms with Crippen LogP contribution in [0.5, 0.6) is 0 Å². The van der Waals surface area contributed by atoms with Gasteiger partial charge in [0.15, 0.2) is 17.0 Å². The minimum Gasteiger partial charge on any atom is -0.364 e. The summed E-state index contributed by atoms with van der Waals surface area (Å²) in [6, 6.07) is 10.3. The molecule has 8 heteroatoms. The molecule has 2 aliphatic heterocycles. The van der Waals surface area contributed by atoms with Gasteiger partial charge in [-0.2, -0.15) is 9.97 Å². The molecule has 0 bridgehead atoms. The standard InChI is InChI=1S/C22H28N8/c1-16-19(24-15-17-7-3-2-4-8-17)26-20-18(25-16)21(29-11-5-6-12-29)28-22(27-20)30-13-9-23-10-14-30/h2-4,7-8,23H,5-6,9-15H2,1H3,(H,24,26,27,28). The third-order valence-corrected chi connectivity index (χ3v) is 5.78. The first kappa shape index (κ1) is 19.0. The number of piperazine rings is 1. The zero-order chi connectivity index (χ0) is 20.3. The molecule has 0 spiro atoms. The van der Waals surface area contributed by atoms with Gasteiger partial charge in [0.25, 0.3) is 0 Å². The molecule has 2 aliphatic rings. The lowest BCUT2D eigenvalue weighted by molar-refractivity contribution is 0.580. The molecule has 2 N–H and O–H groups in total. The van der Waals surface area contributed by atoms with Crippen molar-refractivity contribution in [2.75, 3.05) is 54.4 Å². The summed E-state index contributed by atoms with van der Waals surface area (Å²) in [5.41, 5.74) is 3.55. The van der Waals surface area contributed by atoms with E-state index in [-0.39, 0.29) is 0 Å². The van der Waals surface area contributed by atoms with Crippen LogP contribution in [0.2, 0.25) is 0 Å². The zero-order valence-electron chi connectivity index (χ0n) is 17.4. The minimum atomic E-state index is 0.668. The molecule has 2 aromatic heterocycles. The average molecular weight is 405 g/mol. The second-order valence-electron chi connectivity index (χ2n) is 7.95. The maximum absolute atomic E-state index is 4.96. The summed E-state index contributed by atoms with van der Waals surface area (Å²) in [5, 5.41) is 6.83. The number of aryl methyl sites for hydroxylation is 1. The van der Waals surface area contributed by atoms with Crippen LogP contribution in [-0.4, -0.2) is 59.2 Å². The van der Waals surface area contributed by atoms with Gasteiger partial charge in [0, 0.05) is 45.8 Å². The van der Waals surface area contributed by atoms with Crippen molar-refractivity contribution in [3.05, 3.63) is 41.6 Å². The lowest BCUT2D eigenvalue weighted by Crippen LogP contribution is -2.44. The van der Waals surface area contributed by atoms with Crippen molar-refractivity contribution in [2.45, 2.75) is 26.3 Å². The van der Waals surface area contributed by atoms with Crippen molar-refractivity contribution >= 4 is 28.7 Å². The van der Waals surface area contributed by atoms with Gasteiger partial charge in [-0.15, -0.1) is 0 Å². The fourth-order valence-electron chi connectivity index (χ4n) is 4.11. The molecule has 156 valence electrons. The molecule has 0 aliphatic carbocycles. The molecule has 2 fully saturated rings. The van der Waals surface area contributed by atoms with Crippen LogP contribution >= 0.6 is 0 Å². The van der Waals surface area contributed by atoms with E-state index in [1.54, 1.807) is 0 Å². The van der Waals surface area contributed by atoms with Crippen LogP contribution in [0.15, 0.2) is 30.3 Å². The number of nitrogens with zero attached hydrogens (tertiary/aromatic N) is 6. The normalized spacial score (nSPS) is 17.0. The molecule has 2 saturated heterocycles. The Hall–Kier alpha value is -3.00. The second kappa shape index (κ2) is 8.39. The highest BCUT2D eigenvalue weighted by atomic mass is 15.3. The van der Waals surface area contributed by atoms with Gasteiger partial charge >= 0.3 is 0 Å². The molecule has 0 atom stereocenters. The first-order valence-electron chi connectivity index (χ1n) is 10.8. The average Bonchev–Trinajstić information content (AvgIpc) is 3.33. The molecule has 4 heterocycles. The summed E-state index contributed by atoms with van der Waals surface area (Å²) in [5.74, 6) is 2.47. The molecule has 0 radical (unpaired) electrons. The molecule has 3 aromatic rings. The maximum Gasteiger partial charge on any atom is 0.229 e. The predicted molar refractivity (Wildman–Crippen MR) is 120 cm³/mol. The van der Waals surface area contributed by atoms with Crippen LogP contribution in [0.3, 0.4) is 0 Å². The maximum atomic E-state index is 4.96. The van der Waals surface area contributed by atoms with Gasteiger partial charge in [-0.3, -0.25) is 0 Å². The van der Waals surface area contributed by atoms with Crippen molar-refractivity contribution < 1.29 is 0 Å². The fraction of sp³-hybridized carbons (Fsp3) is 0.455. The third kappa shape index (κ3) is 3.87. The van der Waals surface area contributed by atoms with Crippen molar-refractivity contribution in [1.82, 2.24) is 25.3 Å². The topological polar surface area (TPSA) is 82.1 Å².